The number of aromatic nitrogens is 2. The van der Waals surface area contributed by atoms with Gasteiger partial charge in [0.05, 0.1) is 5.69 Å². The number of amides is 1. The largest absolute Gasteiger partial charge is 0.336 e. The van der Waals surface area contributed by atoms with E-state index < -0.39 is 0 Å². The van der Waals surface area contributed by atoms with Gasteiger partial charge in [-0.15, -0.1) is 11.3 Å². The van der Waals surface area contributed by atoms with Gasteiger partial charge in [0.1, 0.15) is 0 Å². The van der Waals surface area contributed by atoms with Crippen LogP contribution in [0.15, 0.2) is 35.8 Å². The number of hydrogen-bond donors (Lipinski definition) is 0. The second-order valence-corrected chi connectivity index (χ2v) is 9.81. The molecule has 7 heteroatoms. The normalized spacial score (nSPS) is 20.2. The SMILES string of the molecule is CN1CCCN(C(=O)c2nc3sccn3c2CN(C)[C@@H]2CCCc3ccccc32)CC1. The van der Waals surface area contributed by atoms with Crippen LogP contribution in [0, 0.1) is 0 Å². The smallest absolute Gasteiger partial charge is 0.274 e. The zero-order valence-corrected chi connectivity index (χ0v) is 19.3. The first-order valence-electron chi connectivity index (χ1n) is 11.3. The lowest BCUT2D eigenvalue weighted by Crippen LogP contribution is -2.36. The number of imidazole rings is 1. The lowest BCUT2D eigenvalue weighted by atomic mass is 9.87. The van der Waals surface area contributed by atoms with E-state index in [1.165, 1.54) is 17.5 Å². The molecule has 31 heavy (non-hydrogen) atoms. The summed E-state index contributed by atoms with van der Waals surface area (Å²) in [5, 5.41) is 2.05. The van der Waals surface area contributed by atoms with Gasteiger partial charge in [0, 0.05) is 43.8 Å². The summed E-state index contributed by atoms with van der Waals surface area (Å²) in [7, 11) is 4.32. The predicted molar refractivity (Wildman–Crippen MR) is 125 cm³/mol. The fourth-order valence-corrected chi connectivity index (χ4v) is 5.82. The first kappa shape index (κ1) is 20.7. The summed E-state index contributed by atoms with van der Waals surface area (Å²) in [5.41, 5.74) is 4.55. The lowest BCUT2D eigenvalue weighted by Gasteiger charge is -2.33. The third kappa shape index (κ3) is 4.02. The van der Waals surface area contributed by atoms with E-state index in [0.717, 1.165) is 56.1 Å². The summed E-state index contributed by atoms with van der Waals surface area (Å²) in [6.07, 6.45) is 6.59. The van der Waals surface area contributed by atoms with Crippen molar-refractivity contribution in [3.8, 4) is 0 Å². The molecule has 1 saturated heterocycles. The minimum absolute atomic E-state index is 0.0821. The van der Waals surface area contributed by atoms with Gasteiger partial charge < -0.3 is 9.80 Å². The highest BCUT2D eigenvalue weighted by Gasteiger charge is 2.29. The number of fused-ring (bicyclic) bond motifs is 2. The maximum absolute atomic E-state index is 13.5. The van der Waals surface area contributed by atoms with Gasteiger partial charge in [-0.3, -0.25) is 14.1 Å². The number of thiazole rings is 1. The molecule has 1 fully saturated rings. The Balaban J connectivity index is 1.44. The molecule has 1 amide bonds. The molecule has 0 saturated carbocycles. The zero-order chi connectivity index (χ0) is 21.4. The molecule has 0 unspecified atom stereocenters. The summed E-state index contributed by atoms with van der Waals surface area (Å²) in [5.74, 6) is 0.0821. The minimum Gasteiger partial charge on any atom is -0.336 e. The van der Waals surface area contributed by atoms with Gasteiger partial charge in [0.25, 0.3) is 5.91 Å². The number of nitrogens with zero attached hydrogens (tertiary/aromatic N) is 5. The number of carbonyl (C=O) groups is 1. The Morgan fingerprint density at radius 2 is 2.06 bits per heavy atom. The zero-order valence-electron chi connectivity index (χ0n) is 18.5. The highest BCUT2D eigenvalue weighted by atomic mass is 32.1. The number of likely N-dealkylation sites (N-methyl/N-ethyl adjacent to an activating group) is 1. The molecule has 1 aliphatic carbocycles. The highest BCUT2D eigenvalue weighted by molar-refractivity contribution is 7.15. The molecule has 1 aliphatic heterocycles. The third-order valence-corrected chi connectivity index (χ3v) is 7.60. The van der Waals surface area contributed by atoms with E-state index >= 15 is 0 Å². The van der Waals surface area contributed by atoms with Crippen LogP contribution in [0.2, 0.25) is 0 Å². The molecule has 6 nitrogen and oxygen atoms in total. The highest BCUT2D eigenvalue weighted by Crippen LogP contribution is 2.34. The van der Waals surface area contributed by atoms with Crippen LogP contribution in [-0.4, -0.2) is 70.3 Å². The molecule has 0 N–H and O–H groups in total. The number of aryl methyl sites for hydroxylation is 1. The topological polar surface area (TPSA) is 44.1 Å². The van der Waals surface area contributed by atoms with Crippen molar-refractivity contribution in [1.82, 2.24) is 24.1 Å². The van der Waals surface area contributed by atoms with Crippen LogP contribution in [0.1, 0.15) is 52.6 Å². The molecule has 3 aromatic rings. The van der Waals surface area contributed by atoms with Crippen LogP contribution in [0.5, 0.6) is 0 Å². The van der Waals surface area contributed by atoms with E-state index in [2.05, 4.69) is 64.1 Å². The number of benzene rings is 1. The second kappa shape index (κ2) is 8.73. The average molecular weight is 438 g/mol. The standard InChI is InChI=1S/C24H31N5OS/c1-26-11-6-12-28(14-13-26)23(30)22-21(29-15-16-31-24(29)25-22)17-27(2)20-10-5-8-18-7-3-4-9-19(18)20/h3-4,7,9,15-16,20H,5-6,8,10-14,17H2,1-2H3/t20-/m1/s1. The van der Waals surface area contributed by atoms with Crippen molar-refractivity contribution in [3.05, 3.63) is 58.4 Å². The van der Waals surface area contributed by atoms with E-state index in [0.29, 0.717) is 18.3 Å². The van der Waals surface area contributed by atoms with E-state index in [4.69, 9.17) is 4.98 Å². The molecule has 2 aliphatic rings. The van der Waals surface area contributed by atoms with E-state index in [9.17, 15) is 4.79 Å². The minimum atomic E-state index is 0.0821. The van der Waals surface area contributed by atoms with Crippen LogP contribution in [0.4, 0.5) is 0 Å². The first-order chi connectivity index (χ1) is 15.1. The quantitative estimate of drug-likeness (QED) is 0.625. The Hall–Kier alpha value is -2.22. The molecule has 0 spiro atoms. The molecule has 3 heterocycles. The Kier molecular flexibility index (Phi) is 5.82. The summed E-state index contributed by atoms with van der Waals surface area (Å²) in [4.78, 5) is 25.9. The average Bonchev–Trinajstić information content (AvgIpc) is 3.30. The van der Waals surface area contributed by atoms with E-state index in [1.807, 2.05) is 4.90 Å². The van der Waals surface area contributed by atoms with Gasteiger partial charge in [-0.05, 0) is 57.5 Å². The molecule has 1 atom stereocenters. The van der Waals surface area contributed by atoms with Crippen molar-refractivity contribution in [1.29, 1.82) is 0 Å². The van der Waals surface area contributed by atoms with Gasteiger partial charge in [0.2, 0.25) is 0 Å². The molecule has 164 valence electrons. The maximum Gasteiger partial charge on any atom is 0.274 e. The van der Waals surface area contributed by atoms with Crippen LogP contribution >= 0.6 is 11.3 Å². The Labute approximate surface area is 188 Å². The van der Waals surface area contributed by atoms with Crippen molar-refractivity contribution < 1.29 is 4.79 Å². The molecule has 1 aromatic carbocycles. The van der Waals surface area contributed by atoms with E-state index in [1.54, 1.807) is 11.3 Å². The maximum atomic E-state index is 13.5. The molecule has 5 rings (SSSR count). The van der Waals surface area contributed by atoms with Gasteiger partial charge in [-0.25, -0.2) is 4.98 Å². The molecular formula is C24H31N5OS. The Morgan fingerprint density at radius 1 is 1.19 bits per heavy atom. The summed E-state index contributed by atoms with van der Waals surface area (Å²) in [6, 6.07) is 9.20. The molecule has 2 aromatic heterocycles. The van der Waals surface area contributed by atoms with Crippen LogP contribution in [0.3, 0.4) is 0 Å². The van der Waals surface area contributed by atoms with Crippen LogP contribution in [-0.2, 0) is 13.0 Å². The van der Waals surface area contributed by atoms with Crippen molar-refractivity contribution >= 4 is 22.2 Å². The third-order valence-electron chi connectivity index (χ3n) is 6.84. The number of carbonyl (C=O) groups excluding carboxylic acids is 1. The molecular weight excluding hydrogens is 406 g/mol. The predicted octanol–water partition coefficient (Wildman–Crippen LogP) is 3.68. The monoisotopic (exact) mass is 437 g/mol. The van der Waals surface area contributed by atoms with Gasteiger partial charge in [-0.2, -0.15) is 0 Å². The summed E-state index contributed by atoms with van der Waals surface area (Å²) < 4.78 is 2.12. The fourth-order valence-electron chi connectivity index (χ4n) is 5.09. The van der Waals surface area contributed by atoms with Crippen LogP contribution in [0.25, 0.3) is 4.96 Å². The Bertz CT molecular complexity index is 1070. The van der Waals surface area contributed by atoms with Gasteiger partial charge in [0.15, 0.2) is 10.7 Å². The summed E-state index contributed by atoms with van der Waals surface area (Å²) in [6.45, 7) is 4.25. The van der Waals surface area contributed by atoms with Crippen molar-refractivity contribution in [2.75, 3.05) is 40.3 Å². The van der Waals surface area contributed by atoms with Crippen LogP contribution < -0.4 is 0 Å². The lowest BCUT2D eigenvalue weighted by molar-refractivity contribution is 0.0754. The van der Waals surface area contributed by atoms with Crippen molar-refractivity contribution in [2.24, 2.45) is 0 Å². The molecule has 0 bridgehead atoms. The first-order valence-corrected chi connectivity index (χ1v) is 12.2. The number of rotatable bonds is 4. The van der Waals surface area contributed by atoms with E-state index in [-0.39, 0.29) is 5.91 Å². The fraction of sp³-hybridized carbons (Fsp3) is 0.500. The van der Waals surface area contributed by atoms with Crippen molar-refractivity contribution in [3.63, 3.8) is 0 Å². The van der Waals surface area contributed by atoms with Gasteiger partial charge >= 0.3 is 0 Å². The second-order valence-electron chi connectivity index (χ2n) is 8.93. The van der Waals surface area contributed by atoms with Gasteiger partial charge in [-0.1, -0.05) is 24.3 Å². The molecule has 0 radical (unpaired) electrons. The summed E-state index contributed by atoms with van der Waals surface area (Å²) >= 11 is 1.60. The Morgan fingerprint density at radius 3 is 2.97 bits per heavy atom. The number of hydrogen-bond acceptors (Lipinski definition) is 5. The van der Waals surface area contributed by atoms with Crippen molar-refractivity contribution in [2.45, 2.75) is 38.3 Å².